The molecule has 0 unspecified atom stereocenters. The molecule has 1 aliphatic heterocycles. The summed E-state index contributed by atoms with van der Waals surface area (Å²) < 4.78 is 5.87. The quantitative estimate of drug-likeness (QED) is 0.483. The summed E-state index contributed by atoms with van der Waals surface area (Å²) >= 11 is 1.49. The molecule has 3 amide bonds. The average molecular weight is 417 g/mol. The van der Waals surface area contributed by atoms with E-state index in [4.69, 9.17) is 4.42 Å². The van der Waals surface area contributed by atoms with Gasteiger partial charge in [0.25, 0.3) is 5.91 Å². The molecule has 0 spiro atoms. The number of urea groups is 1. The van der Waals surface area contributed by atoms with E-state index >= 15 is 0 Å². The molecule has 1 saturated heterocycles. The number of aryl methyl sites for hydroxylation is 1. The van der Waals surface area contributed by atoms with Gasteiger partial charge in [0.05, 0.1) is 12.2 Å². The maximum absolute atomic E-state index is 13.2. The standard InChI is InChI=1S/C23H19N3O3S/c1-14-7-9-15(10-8-14)20-24-17(13-30-20)12-26-21(27)23(2,25-22(26)28)19-11-16-5-3-4-6-18(16)29-19/h3-11,13H,12H2,1-2H3,(H,25,28)/t23-/m1/s1. The monoisotopic (exact) mass is 417 g/mol. The summed E-state index contributed by atoms with van der Waals surface area (Å²) in [7, 11) is 0. The molecule has 30 heavy (non-hydrogen) atoms. The Hall–Kier alpha value is -3.45. The lowest BCUT2D eigenvalue weighted by atomic mass is 9.99. The van der Waals surface area contributed by atoms with Gasteiger partial charge in [-0.3, -0.25) is 9.69 Å². The third-order valence-electron chi connectivity index (χ3n) is 5.36. The number of fused-ring (bicyclic) bond motifs is 1. The van der Waals surface area contributed by atoms with Crippen molar-refractivity contribution >= 4 is 34.2 Å². The van der Waals surface area contributed by atoms with E-state index in [1.165, 1.54) is 21.8 Å². The fourth-order valence-corrected chi connectivity index (χ4v) is 4.42. The van der Waals surface area contributed by atoms with Gasteiger partial charge in [-0.15, -0.1) is 11.3 Å². The summed E-state index contributed by atoms with van der Waals surface area (Å²) in [5.41, 5.74) is 2.30. The molecular weight excluding hydrogens is 398 g/mol. The van der Waals surface area contributed by atoms with Crippen molar-refractivity contribution < 1.29 is 14.0 Å². The van der Waals surface area contributed by atoms with Gasteiger partial charge in [-0.1, -0.05) is 48.0 Å². The number of thiazole rings is 1. The van der Waals surface area contributed by atoms with E-state index < -0.39 is 11.6 Å². The molecule has 1 N–H and O–H groups in total. The van der Waals surface area contributed by atoms with Crippen molar-refractivity contribution in [2.45, 2.75) is 25.9 Å². The van der Waals surface area contributed by atoms with Crippen LogP contribution in [-0.2, 0) is 16.9 Å². The van der Waals surface area contributed by atoms with Crippen LogP contribution in [0.2, 0.25) is 0 Å². The number of nitrogens with zero attached hydrogens (tertiary/aromatic N) is 2. The lowest BCUT2D eigenvalue weighted by Crippen LogP contribution is -2.40. The highest BCUT2D eigenvalue weighted by Gasteiger charge is 2.51. The van der Waals surface area contributed by atoms with Crippen molar-refractivity contribution in [2.24, 2.45) is 0 Å². The Morgan fingerprint density at radius 1 is 1.13 bits per heavy atom. The second-order valence-corrected chi connectivity index (χ2v) is 8.46. The molecule has 0 aliphatic carbocycles. The minimum absolute atomic E-state index is 0.114. The van der Waals surface area contributed by atoms with Gasteiger partial charge >= 0.3 is 6.03 Å². The highest BCUT2D eigenvalue weighted by molar-refractivity contribution is 7.13. The van der Waals surface area contributed by atoms with Gasteiger partial charge in [-0.2, -0.15) is 0 Å². The molecule has 2 aromatic carbocycles. The van der Waals surface area contributed by atoms with Gasteiger partial charge in [0.1, 0.15) is 16.4 Å². The predicted molar refractivity (Wildman–Crippen MR) is 115 cm³/mol. The van der Waals surface area contributed by atoms with E-state index in [0.29, 0.717) is 17.0 Å². The number of amides is 3. The molecule has 6 nitrogen and oxygen atoms in total. The lowest BCUT2D eigenvalue weighted by Gasteiger charge is -2.18. The molecule has 7 heteroatoms. The number of carbonyl (C=O) groups excluding carboxylic acids is 2. The smallest absolute Gasteiger partial charge is 0.325 e. The van der Waals surface area contributed by atoms with E-state index in [-0.39, 0.29) is 12.5 Å². The van der Waals surface area contributed by atoms with Crippen LogP contribution in [0.4, 0.5) is 4.79 Å². The predicted octanol–water partition coefficient (Wildman–Crippen LogP) is 4.83. The highest BCUT2D eigenvalue weighted by atomic mass is 32.1. The minimum atomic E-state index is -1.24. The van der Waals surface area contributed by atoms with Gasteiger partial charge in [0, 0.05) is 16.3 Å². The summed E-state index contributed by atoms with van der Waals surface area (Å²) in [5, 5.41) is 6.42. The maximum atomic E-state index is 13.2. The number of hydrogen-bond acceptors (Lipinski definition) is 5. The molecule has 1 atom stereocenters. The highest BCUT2D eigenvalue weighted by Crippen LogP contribution is 2.34. The van der Waals surface area contributed by atoms with Crippen LogP contribution in [0.3, 0.4) is 0 Å². The van der Waals surface area contributed by atoms with Gasteiger partial charge in [0.15, 0.2) is 5.54 Å². The lowest BCUT2D eigenvalue weighted by molar-refractivity contribution is -0.132. The second kappa shape index (κ2) is 6.81. The molecule has 0 bridgehead atoms. The Balaban J connectivity index is 1.40. The molecule has 1 fully saturated rings. The number of imide groups is 1. The van der Waals surface area contributed by atoms with Crippen molar-refractivity contribution in [2.75, 3.05) is 0 Å². The van der Waals surface area contributed by atoms with E-state index in [0.717, 1.165) is 16.0 Å². The first-order valence-electron chi connectivity index (χ1n) is 9.59. The van der Waals surface area contributed by atoms with Gasteiger partial charge in [-0.25, -0.2) is 9.78 Å². The summed E-state index contributed by atoms with van der Waals surface area (Å²) in [6, 6.07) is 17.0. The summed E-state index contributed by atoms with van der Waals surface area (Å²) in [6.07, 6.45) is 0. The summed E-state index contributed by atoms with van der Waals surface area (Å²) in [6.45, 7) is 3.82. The Kier molecular flexibility index (Phi) is 4.22. The molecule has 0 saturated carbocycles. The van der Waals surface area contributed by atoms with Crippen molar-refractivity contribution in [1.29, 1.82) is 0 Å². The molecule has 0 radical (unpaired) electrons. The van der Waals surface area contributed by atoms with Crippen molar-refractivity contribution in [3.8, 4) is 10.6 Å². The molecule has 1 aliphatic rings. The number of para-hydroxylation sites is 1. The zero-order chi connectivity index (χ0) is 20.9. The maximum Gasteiger partial charge on any atom is 0.325 e. The Labute approximate surface area is 177 Å². The summed E-state index contributed by atoms with van der Waals surface area (Å²) in [5.74, 6) is 0.0691. The zero-order valence-corrected chi connectivity index (χ0v) is 17.3. The molecule has 5 rings (SSSR count). The molecule has 3 heterocycles. The van der Waals surface area contributed by atoms with Gasteiger partial charge in [-0.05, 0) is 26.0 Å². The van der Waals surface area contributed by atoms with Crippen LogP contribution < -0.4 is 5.32 Å². The first-order chi connectivity index (χ1) is 14.4. The number of aromatic nitrogens is 1. The van der Waals surface area contributed by atoms with Crippen LogP contribution in [0.5, 0.6) is 0 Å². The van der Waals surface area contributed by atoms with Crippen LogP contribution in [0, 0.1) is 6.92 Å². The average Bonchev–Trinajstić information content (AvgIpc) is 3.43. The number of benzene rings is 2. The topological polar surface area (TPSA) is 75.4 Å². The third-order valence-corrected chi connectivity index (χ3v) is 6.30. The fourth-order valence-electron chi connectivity index (χ4n) is 3.61. The fraction of sp³-hybridized carbons (Fsp3) is 0.174. The molecule has 2 aromatic heterocycles. The Morgan fingerprint density at radius 2 is 1.90 bits per heavy atom. The molecule has 4 aromatic rings. The number of rotatable bonds is 4. The second-order valence-electron chi connectivity index (χ2n) is 7.60. The number of furan rings is 1. The minimum Gasteiger partial charge on any atom is -0.458 e. The normalized spacial score (nSPS) is 18.9. The van der Waals surface area contributed by atoms with Gasteiger partial charge in [0.2, 0.25) is 0 Å². The third kappa shape index (κ3) is 2.98. The Morgan fingerprint density at radius 3 is 2.67 bits per heavy atom. The first-order valence-corrected chi connectivity index (χ1v) is 10.5. The summed E-state index contributed by atoms with van der Waals surface area (Å²) in [4.78, 5) is 31.6. The number of carbonyl (C=O) groups is 2. The Bertz CT molecular complexity index is 1240. The first kappa shape index (κ1) is 18.6. The van der Waals surface area contributed by atoms with Crippen molar-refractivity contribution in [1.82, 2.24) is 15.2 Å². The van der Waals surface area contributed by atoms with Crippen LogP contribution in [0.25, 0.3) is 21.5 Å². The van der Waals surface area contributed by atoms with E-state index in [1.54, 1.807) is 13.0 Å². The number of hydrogen-bond donors (Lipinski definition) is 1. The number of nitrogens with one attached hydrogen (secondary N) is 1. The van der Waals surface area contributed by atoms with E-state index in [2.05, 4.69) is 10.3 Å². The van der Waals surface area contributed by atoms with Crippen LogP contribution in [-0.4, -0.2) is 21.8 Å². The zero-order valence-electron chi connectivity index (χ0n) is 16.5. The van der Waals surface area contributed by atoms with E-state index in [9.17, 15) is 9.59 Å². The SMILES string of the molecule is Cc1ccc(-c2nc(CN3C(=O)N[C@](C)(c4cc5ccccc5o4)C3=O)cs2)cc1. The van der Waals surface area contributed by atoms with Gasteiger partial charge < -0.3 is 9.73 Å². The van der Waals surface area contributed by atoms with E-state index in [1.807, 2.05) is 60.8 Å². The van der Waals surface area contributed by atoms with Crippen molar-refractivity contribution in [3.63, 3.8) is 0 Å². The van der Waals surface area contributed by atoms with Crippen molar-refractivity contribution in [3.05, 3.63) is 77.0 Å². The largest absolute Gasteiger partial charge is 0.458 e. The van der Waals surface area contributed by atoms with Crippen LogP contribution in [0.1, 0.15) is 23.9 Å². The molecule has 150 valence electrons. The van der Waals surface area contributed by atoms with Crippen LogP contribution in [0.15, 0.2) is 64.4 Å². The van der Waals surface area contributed by atoms with Crippen LogP contribution >= 0.6 is 11.3 Å². The molecular formula is C23H19N3O3S.